The minimum atomic E-state index is -0.939. The Hall–Kier alpha value is -3.75. The first kappa shape index (κ1) is 22.5. The van der Waals surface area contributed by atoms with E-state index in [1.54, 1.807) is 24.3 Å². The number of esters is 1. The largest absolute Gasteiger partial charge is 0.494 e. The van der Waals surface area contributed by atoms with Crippen molar-refractivity contribution in [3.8, 4) is 5.75 Å². The van der Waals surface area contributed by atoms with Crippen LogP contribution in [0.25, 0.3) is 0 Å². The Morgan fingerprint density at radius 1 is 1.00 bits per heavy atom. The van der Waals surface area contributed by atoms with Crippen LogP contribution in [0.2, 0.25) is 0 Å². The van der Waals surface area contributed by atoms with Gasteiger partial charge in [-0.2, -0.15) is 0 Å². The maximum absolute atomic E-state index is 13.4. The average molecular weight is 416 g/mol. The molecule has 0 saturated carbocycles. The quantitative estimate of drug-likeness (QED) is 0.369. The summed E-state index contributed by atoms with van der Waals surface area (Å²) in [4.78, 5) is 46.1. The van der Waals surface area contributed by atoms with Crippen molar-refractivity contribution in [3.05, 3.63) is 59.9 Å². The van der Waals surface area contributed by atoms with Crippen LogP contribution in [0.5, 0.6) is 5.75 Å². The Bertz CT molecular complexity index is 914. The summed E-state index contributed by atoms with van der Waals surface area (Å²) in [6.07, 6.45) is 0.364. The molecule has 2 N–H and O–H groups in total. The number of imide groups is 1. The highest BCUT2D eigenvalue weighted by Gasteiger charge is 2.12. The predicted molar refractivity (Wildman–Crippen MR) is 106 cm³/mol. The monoisotopic (exact) mass is 416 g/mol. The van der Waals surface area contributed by atoms with Crippen molar-refractivity contribution in [2.24, 2.45) is 0 Å². The summed E-state index contributed by atoms with van der Waals surface area (Å²) >= 11 is 0. The van der Waals surface area contributed by atoms with Crippen LogP contribution < -0.4 is 15.4 Å². The van der Waals surface area contributed by atoms with Crippen molar-refractivity contribution in [3.63, 3.8) is 0 Å². The summed E-state index contributed by atoms with van der Waals surface area (Å²) in [5, 5.41) is 4.10. The molecule has 8 nitrogen and oxygen atoms in total. The molecule has 2 aromatic carbocycles. The molecule has 158 valence electrons. The third-order valence-electron chi connectivity index (χ3n) is 3.79. The Kier molecular flexibility index (Phi) is 8.49. The second kappa shape index (κ2) is 11.3. The van der Waals surface area contributed by atoms with E-state index in [9.17, 15) is 23.6 Å². The maximum Gasteiger partial charge on any atom is 0.326 e. The Morgan fingerprint density at radius 3 is 2.37 bits per heavy atom. The van der Waals surface area contributed by atoms with Gasteiger partial charge in [0.2, 0.25) is 0 Å². The summed E-state index contributed by atoms with van der Waals surface area (Å²) in [6.45, 7) is 1.07. The van der Waals surface area contributed by atoms with Crippen molar-refractivity contribution in [2.45, 2.75) is 19.8 Å². The number of benzene rings is 2. The highest BCUT2D eigenvalue weighted by molar-refractivity contribution is 6.01. The molecule has 2 rings (SSSR count). The second-order valence-corrected chi connectivity index (χ2v) is 6.18. The predicted octanol–water partition coefficient (Wildman–Crippen LogP) is 3.08. The van der Waals surface area contributed by atoms with Crippen molar-refractivity contribution in [1.29, 1.82) is 0 Å². The smallest absolute Gasteiger partial charge is 0.326 e. The third-order valence-corrected chi connectivity index (χ3v) is 3.79. The fourth-order valence-electron chi connectivity index (χ4n) is 2.29. The molecular weight excluding hydrogens is 395 g/mol. The molecule has 30 heavy (non-hydrogen) atoms. The molecule has 0 aliphatic carbocycles. The molecule has 0 aromatic heterocycles. The highest BCUT2D eigenvalue weighted by Crippen LogP contribution is 2.13. The minimum absolute atomic E-state index is 0.0141. The molecular formula is C21H21FN2O6. The third kappa shape index (κ3) is 7.70. The van der Waals surface area contributed by atoms with E-state index in [0.29, 0.717) is 17.7 Å². The number of halogens is 1. The lowest BCUT2D eigenvalue weighted by atomic mass is 10.1. The van der Waals surface area contributed by atoms with E-state index in [0.717, 1.165) is 6.07 Å². The van der Waals surface area contributed by atoms with Crippen LogP contribution >= 0.6 is 0 Å². The summed E-state index contributed by atoms with van der Waals surface area (Å²) in [5.41, 5.74) is 0.488. The molecule has 0 aliphatic heterocycles. The second-order valence-electron chi connectivity index (χ2n) is 6.18. The normalized spacial score (nSPS) is 10.1. The van der Waals surface area contributed by atoms with Crippen molar-refractivity contribution < 1.29 is 33.0 Å². The van der Waals surface area contributed by atoms with Gasteiger partial charge < -0.3 is 14.8 Å². The first-order chi connectivity index (χ1) is 14.3. The fourth-order valence-corrected chi connectivity index (χ4v) is 2.29. The number of rotatable bonds is 9. The Balaban J connectivity index is 1.60. The lowest BCUT2D eigenvalue weighted by Crippen LogP contribution is -2.37. The number of para-hydroxylation sites is 1. The minimum Gasteiger partial charge on any atom is -0.494 e. The van der Waals surface area contributed by atoms with Crippen LogP contribution in [0.3, 0.4) is 0 Å². The molecule has 0 fully saturated rings. The topological polar surface area (TPSA) is 111 Å². The molecule has 0 saturated heterocycles. The van der Waals surface area contributed by atoms with Gasteiger partial charge in [0, 0.05) is 12.0 Å². The molecule has 0 spiro atoms. The first-order valence-electron chi connectivity index (χ1n) is 9.10. The van der Waals surface area contributed by atoms with Crippen molar-refractivity contribution >= 4 is 29.4 Å². The highest BCUT2D eigenvalue weighted by atomic mass is 19.1. The van der Waals surface area contributed by atoms with Crippen LogP contribution in [0.1, 0.15) is 30.1 Å². The van der Waals surface area contributed by atoms with Gasteiger partial charge in [-0.25, -0.2) is 9.18 Å². The summed E-state index contributed by atoms with van der Waals surface area (Å²) < 4.78 is 23.7. The number of ketones is 1. The number of amides is 3. The molecule has 0 aliphatic rings. The summed E-state index contributed by atoms with van der Waals surface area (Å²) in [7, 11) is 0. The summed E-state index contributed by atoms with van der Waals surface area (Å²) in [5.74, 6) is -1.61. The number of carbonyl (C=O) groups excluding carboxylic acids is 4. The van der Waals surface area contributed by atoms with Gasteiger partial charge >= 0.3 is 12.0 Å². The van der Waals surface area contributed by atoms with Gasteiger partial charge in [-0.05, 0) is 49.7 Å². The zero-order valence-electron chi connectivity index (χ0n) is 16.3. The van der Waals surface area contributed by atoms with Gasteiger partial charge in [-0.3, -0.25) is 19.7 Å². The summed E-state index contributed by atoms with van der Waals surface area (Å²) in [6, 6.07) is 11.1. The van der Waals surface area contributed by atoms with Gasteiger partial charge in [0.15, 0.2) is 12.4 Å². The number of carbonyl (C=O) groups is 4. The molecule has 0 bridgehead atoms. The van der Waals surface area contributed by atoms with Crippen LogP contribution in [0.4, 0.5) is 14.9 Å². The van der Waals surface area contributed by atoms with Gasteiger partial charge in [-0.1, -0.05) is 12.1 Å². The van der Waals surface area contributed by atoms with Crippen molar-refractivity contribution in [2.75, 3.05) is 18.5 Å². The van der Waals surface area contributed by atoms with Crippen LogP contribution in [-0.4, -0.2) is 36.9 Å². The number of nitrogens with one attached hydrogen (secondary N) is 2. The molecule has 0 radical (unpaired) electrons. The van der Waals surface area contributed by atoms with Gasteiger partial charge in [-0.15, -0.1) is 0 Å². The molecule has 0 atom stereocenters. The van der Waals surface area contributed by atoms with E-state index in [1.165, 1.54) is 25.1 Å². The van der Waals surface area contributed by atoms with E-state index in [-0.39, 0.29) is 24.5 Å². The molecule has 9 heteroatoms. The van der Waals surface area contributed by atoms with E-state index in [4.69, 9.17) is 9.47 Å². The zero-order valence-corrected chi connectivity index (χ0v) is 16.3. The van der Waals surface area contributed by atoms with E-state index in [1.807, 2.05) is 5.32 Å². The first-order valence-corrected chi connectivity index (χ1v) is 9.10. The number of Topliss-reactive ketones (excluding diaryl/α,β-unsaturated/α-hetero) is 1. The Labute approximate surface area is 172 Å². The average Bonchev–Trinajstić information content (AvgIpc) is 2.71. The molecule has 0 heterocycles. The maximum atomic E-state index is 13.4. The number of anilines is 1. The van der Waals surface area contributed by atoms with Gasteiger partial charge in [0.25, 0.3) is 5.91 Å². The van der Waals surface area contributed by atoms with Gasteiger partial charge in [0.05, 0.1) is 12.3 Å². The number of hydrogen-bond donors (Lipinski definition) is 2. The van der Waals surface area contributed by atoms with Gasteiger partial charge in [0.1, 0.15) is 11.6 Å². The van der Waals surface area contributed by atoms with E-state index < -0.39 is 30.3 Å². The number of hydrogen-bond acceptors (Lipinski definition) is 6. The van der Waals surface area contributed by atoms with E-state index >= 15 is 0 Å². The standard InChI is InChI=1S/C21H21FN2O6/c1-14(25)15-8-10-16(11-9-15)29-12-4-7-20(27)30-13-19(26)24-21(28)23-18-6-3-2-5-17(18)22/h2-3,5-6,8-11H,4,7,12-13H2,1H3,(H2,23,24,26,28). The fraction of sp³-hybridized carbons (Fsp3) is 0.238. The molecule has 3 amide bonds. The lowest BCUT2D eigenvalue weighted by Gasteiger charge is -2.08. The lowest BCUT2D eigenvalue weighted by molar-refractivity contribution is -0.148. The Morgan fingerprint density at radius 2 is 1.70 bits per heavy atom. The number of urea groups is 1. The van der Waals surface area contributed by atoms with Crippen LogP contribution in [0, 0.1) is 5.82 Å². The van der Waals surface area contributed by atoms with E-state index in [2.05, 4.69) is 5.32 Å². The van der Waals surface area contributed by atoms with Crippen molar-refractivity contribution in [1.82, 2.24) is 5.32 Å². The zero-order chi connectivity index (χ0) is 21.9. The molecule has 0 unspecified atom stereocenters. The van der Waals surface area contributed by atoms with Crippen LogP contribution in [0.15, 0.2) is 48.5 Å². The molecule has 2 aromatic rings. The number of ether oxygens (including phenoxy) is 2. The van der Waals surface area contributed by atoms with Crippen LogP contribution in [-0.2, 0) is 14.3 Å². The SMILES string of the molecule is CC(=O)c1ccc(OCCCC(=O)OCC(=O)NC(=O)Nc2ccccc2F)cc1.